The van der Waals surface area contributed by atoms with E-state index in [4.69, 9.17) is 14.6 Å². The summed E-state index contributed by atoms with van der Waals surface area (Å²) in [4.78, 5) is 15.6. The van der Waals surface area contributed by atoms with Gasteiger partial charge in [-0.15, -0.1) is 0 Å². The number of aromatic carboxylic acids is 1. The predicted octanol–water partition coefficient (Wildman–Crippen LogP) is 5.13. The van der Waals surface area contributed by atoms with Gasteiger partial charge in [0.05, 0.1) is 19.8 Å². The zero-order chi connectivity index (χ0) is 21.5. The van der Waals surface area contributed by atoms with Gasteiger partial charge in [0.25, 0.3) is 0 Å². The molecule has 0 saturated carbocycles. The number of carboxylic acids is 1. The number of aromatic nitrogens is 1. The second-order valence-corrected chi connectivity index (χ2v) is 7.80. The van der Waals surface area contributed by atoms with Crippen LogP contribution in [0.4, 0.5) is 0 Å². The Labute approximate surface area is 184 Å². The molecule has 3 rings (SSSR count). The standard InChI is InChI=1S/C24H24BrNO4/c1-29-19-13-17(14-20(15-19)30-2)5-9-21-22(25)11-12-26-23(21)10-6-16-3-7-18(8-4-16)24(27)28/h3-4,7-8,11-15H,5-6,9-10H2,1-2H3,(H,27,28). The normalized spacial score (nSPS) is 10.6. The average Bonchev–Trinajstić information content (AvgIpc) is 2.77. The van der Waals surface area contributed by atoms with Crippen LogP contribution in [0.3, 0.4) is 0 Å². The summed E-state index contributed by atoms with van der Waals surface area (Å²) in [5.74, 6) is 0.644. The highest BCUT2D eigenvalue weighted by Gasteiger charge is 2.11. The number of pyridine rings is 1. The molecule has 1 heterocycles. The van der Waals surface area contributed by atoms with E-state index in [0.717, 1.165) is 58.5 Å². The van der Waals surface area contributed by atoms with Crippen LogP contribution >= 0.6 is 15.9 Å². The fraction of sp³-hybridized carbons (Fsp3) is 0.250. The number of hydrogen-bond acceptors (Lipinski definition) is 4. The van der Waals surface area contributed by atoms with Gasteiger partial charge in [0.1, 0.15) is 11.5 Å². The van der Waals surface area contributed by atoms with E-state index in [1.807, 2.05) is 42.6 Å². The lowest BCUT2D eigenvalue weighted by molar-refractivity contribution is 0.0697. The minimum atomic E-state index is -0.910. The van der Waals surface area contributed by atoms with Crippen molar-refractivity contribution >= 4 is 21.9 Å². The number of hydrogen-bond donors (Lipinski definition) is 1. The molecule has 0 unspecified atom stereocenters. The zero-order valence-electron chi connectivity index (χ0n) is 17.0. The number of rotatable bonds is 9. The molecule has 30 heavy (non-hydrogen) atoms. The van der Waals surface area contributed by atoms with Crippen LogP contribution in [-0.2, 0) is 25.7 Å². The fourth-order valence-corrected chi connectivity index (χ4v) is 3.89. The largest absolute Gasteiger partial charge is 0.497 e. The molecule has 6 heteroatoms. The Hall–Kier alpha value is -2.86. The van der Waals surface area contributed by atoms with Crippen molar-refractivity contribution in [2.24, 2.45) is 0 Å². The number of nitrogens with zero attached hydrogens (tertiary/aromatic N) is 1. The summed E-state index contributed by atoms with van der Waals surface area (Å²) in [6.45, 7) is 0. The molecule has 156 valence electrons. The van der Waals surface area contributed by atoms with Gasteiger partial charge in [-0.25, -0.2) is 4.79 Å². The summed E-state index contributed by atoms with van der Waals surface area (Å²) in [5.41, 5.74) is 4.75. The number of benzene rings is 2. The molecule has 0 aliphatic rings. The predicted molar refractivity (Wildman–Crippen MR) is 120 cm³/mol. The van der Waals surface area contributed by atoms with E-state index in [1.165, 1.54) is 5.56 Å². The first-order valence-corrected chi connectivity index (χ1v) is 10.5. The third kappa shape index (κ3) is 5.60. The van der Waals surface area contributed by atoms with Gasteiger partial charge in [0.15, 0.2) is 0 Å². The van der Waals surface area contributed by atoms with Crippen LogP contribution < -0.4 is 9.47 Å². The third-order valence-corrected chi connectivity index (χ3v) is 5.76. The van der Waals surface area contributed by atoms with Crippen molar-refractivity contribution in [3.63, 3.8) is 0 Å². The molecule has 0 fully saturated rings. The smallest absolute Gasteiger partial charge is 0.335 e. The SMILES string of the molecule is COc1cc(CCc2c(Br)ccnc2CCc2ccc(C(=O)O)cc2)cc(OC)c1. The monoisotopic (exact) mass is 469 g/mol. The highest BCUT2D eigenvalue weighted by atomic mass is 79.9. The summed E-state index contributed by atoms with van der Waals surface area (Å²) in [6.07, 6.45) is 5.05. The van der Waals surface area contributed by atoms with E-state index in [1.54, 1.807) is 26.4 Å². The topological polar surface area (TPSA) is 68.7 Å². The Balaban J connectivity index is 1.72. The van der Waals surface area contributed by atoms with Crippen molar-refractivity contribution < 1.29 is 19.4 Å². The van der Waals surface area contributed by atoms with E-state index in [2.05, 4.69) is 20.9 Å². The molecule has 3 aromatic rings. The van der Waals surface area contributed by atoms with Gasteiger partial charge in [0.2, 0.25) is 0 Å². The summed E-state index contributed by atoms with van der Waals surface area (Å²) < 4.78 is 11.8. The van der Waals surface area contributed by atoms with Gasteiger partial charge in [-0.2, -0.15) is 0 Å². The molecular weight excluding hydrogens is 446 g/mol. The Morgan fingerprint density at radius 1 is 0.900 bits per heavy atom. The molecular formula is C24H24BrNO4. The number of carboxylic acid groups (broad SMARTS) is 1. The molecule has 0 radical (unpaired) electrons. The van der Waals surface area contributed by atoms with E-state index in [0.29, 0.717) is 5.56 Å². The summed E-state index contributed by atoms with van der Waals surface area (Å²) in [7, 11) is 3.30. The van der Waals surface area contributed by atoms with Crippen LogP contribution in [0, 0.1) is 0 Å². The van der Waals surface area contributed by atoms with Gasteiger partial charge in [-0.3, -0.25) is 4.98 Å². The van der Waals surface area contributed by atoms with Crippen molar-refractivity contribution in [3.8, 4) is 11.5 Å². The third-order valence-electron chi connectivity index (χ3n) is 5.01. The Morgan fingerprint density at radius 2 is 1.53 bits per heavy atom. The summed E-state index contributed by atoms with van der Waals surface area (Å²) in [6, 6.07) is 14.9. The average molecular weight is 470 g/mol. The number of methoxy groups -OCH3 is 2. The van der Waals surface area contributed by atoms with Gasteiger partial charge in [-0.05, 0) is 72.7 Å². The van der Waals surface area contributed by atoms with E-state index in [9.17, 15) is 4.79 Å². The van der Waals surface area contributed by atoms with Gasteiger partial charge in [-0.1, -0.05) is 28.1 Å². The Bertz CT molecular complexity index is 996. The molecule has 5 nitrogen and oxygen atoms in total. The first-order chi connectivity index (χ1) is 14.5. The lowest BCUT2D eigenvalue weighted by atomic mass is 9.99. The highest BCUT2D eigenvalue weighted by Crippen LogP contribution is 2.26. The quantitative estimate of drug-likeness (QED) is 0.470. The molecule has 0 aliphatic carbocycles. The zero-order valence-corrected chi connectivity index (χ0v) is 18.6. The number of aryl methyl sites for hydroxylation is 3. The minimum Gasteiger partial charge on any atom is -0.497 e. The van der Waals surface area contributed by atoms with Crippen LogP contribution in [-0.4, -0.2) is 30.3 Å². The molecule has 0 spiro atoms. The van der Waals surface area contributed by atoms with Crippen molar-refractivity contribution in [1.82, 2.24) is 4.98 Å². The van der Waals surface area contributed by atoms with E-state index < -0.39 is 5.97 Å². The molecule has 0 bridgehead atoms. The maximum Gasteiger partial charge on any atom is 0.335 e. The fourth-order valence-electron chi connectivity index (χ4n) is 3.34. The number of carbonyl (C=O) groups is 1. The molecule has 2 aromatic carbocycles. The van der Waals surface area contributed by atoms with Crippen LogP contribution in [0.15, 0.2) is 59.2 Å². The Kier molecular flexibility index (Phi) is 7.46. The lowest BCUT2D eigenvalue weighted by Gasteiger charge is -2.12. The number of halogens is 1. The van der Waals surface area contributed by atoms with Crippen molar-refractivity contribution in [3.05, 3.63) is 87.1 Å². The van der Waals surface area contributed by atoms with Crippen LogP contribution in [0.5, 0.6) is 11.5 Å². The maximum absolute atomic E-state index is 11.0. The molecule has 1 N–H and O–H groups in total. The second kappa shape index (κ2) is 10.3. The first-order valence-electron chi connectivity index (χ1n) is 9.66. The van der Waals surface area contributed by atoms with Gasteiger partial charge < -0.3 is 14.6 Å². The van der Waals surface area contributed by atoms with Crippen LogP contribution in [0.1, 0.15) is 32.7 Å². The molecule has 0 atom stereocenters. The summed E-state index contributed by atoms with van der Waals surface area (Å²) >= 11 is 3.67. The molecule has 1 aromatic heterocycles. The minimum absolute atomic E-state index is 0.300. The van der Waals surface area contributed by atoms with Gasteiger partial charge in [0, 0.05) is 22.4 Å². The van der Waals surface area contributed by atoms with Crippen molar-refractivity contribution in [2.75, 3.05) is 14.2 Å². The first kappa shape index (κ1) is 21.8. The second-order valence-electron chi connectivity index (χ2n) is 6.94. The van der Waals surface area contributed by atoms with Crippen LogP contribution in [0.25, 0.3) is 0 Å². The lowest BCUT2D eigenvalue weighted by Crippen LogP contribution is -2.04. The Morgan fingerprint density at radius 3 is 2.13 bits per heavy atom. The molecule has 0 aliphatic heterocycles. The molecule has 0 amide bonds. The molecule has 0 saturated heterocycles. The van der Waals surface area contributed by atoms with Gasteiger partial charge >= 0.3 is 5.97 Å². The summed E-state index contributed by atoms with van der Waals surface area (Å²) in [5, 5.41) is 9.04. The van der Waals surface area contributed by atoms with Crippen molar-refractivity contribution in [2.45, 2.75) is 25.7 Å². The van der Waals surface area contributed by atoms with E-state index >= 15 is 0 Å². The van der Waals surface area contributed by atoms with Crippen molar-refractivity contribution in [1.29, 1.82) is 0 Å². The highest BCUT2D eigenvalue weighted by molar-refractivity contribution is 9.10. The van der Waals surface area contributed by atoms with E-state index in [-0.39, 0.29) is 0 Å². The van der Waals surface area contributed by atoms with Crippen LogP contribution in [0.2, 0.25) is 0 Å². The number of ether oxygens (including phenoxy) is 2. The maximum atomic E-state index is 11.0.